The number of anilines is 1. The van der Waals surface area contributed by atoms with Gasteiger partial charge in [0.15, 0.2) is 5.82 Å². The Bertz CT molecular complexity index is 377. The van der Waals surface area contributed by atoms with Crippen LogP contribution in [0.2, 0.25) is 0 Å². The van der Waals surface area contributed by atoms with Crippen LogP contribution in [0.1, 0.15) is 19.8 Å². The minimum absolute atomic E-state index is 0.280. The molecule has 0 bridgehead atoms. The molecule has 1 aromatic heterocycles. The fourth-order valence-electron chi connectivity index (χ4n) is 1.24. The molecule has 15 heavy (non-hydrogen) atoms. The van der Waals surface area contributed by atoms with E-state index < -0.39 is 5.92 Å². The third-order valence-electron chi connectivity index (χ3n) is 2.01. The van der Waals surface area contributed by atoms with Gasteiger partial charge in [-0.1, -0.05) is 13.3 Å². The first kappa shape index (κ1) is 11.2. The van der Waals surface area contributed by atoms with Crippen molar-refractivity contribution in [2.75, 3.05) is 5.32 Å². The van der Waals surface area contributed by atoms with Crippen molar-refractivity contribution in [2.45, 2.75) is 19.8 Å². The lowest BCUT2D eigenvalue weighted by Gasteiger charge is -2.06. The van der Waals surface area contributed by atoms with Gasteiger partial charge in [-0.05, 0) is 6.42 Å². The summed E-state index contributed by atoms with van der Waals surface area (Å²) in [6.07, 6.45) is 3.12. The van der Waals surface area contributed by atoms with Crippen LogP contribution in [-0.4, -0.2) is 15.7 Å². The van der Waals surface area contributed by atoms with E-state index in [1.54, 1.807) is 24.0 Å². The Balaban J connectivity index is 2.58. The molecule has 5 heteroatoms. The van der Waals surface area contributed by atoms with E-state index in [-0.39, 0.29) is 5.91 Å². The van der Waals surface area contributed by atoms with E-state index in [4.69, 9.17) is 5.26 Å². The zero-order valence-corrected chi connectivity index (χ0v) is 8.90. The summed E-state index contributed by atoms with van der Waals surface area (Å²) in [4.78, 5) is 11.6. The largest absolute Gasteiger partial charge is 0.308 e. The highest BCUT2D eigenvalue weighted by atomic mass is 16.1. The number of rotatable bonds is 4. The first-order valence-corrected chi connectivity index (χ1v) is 4.87. The van der Waals surface area contributed by atoms with Crippen molar-refractivity contribution < 1.29 is 4.79 Å². The second kappa shape index (κ2) is 5.15. The fraction of sp³-hybridized carbons (Fsp3) is 0.500. The van der Waals surface area contributed by atoms with Crippen molar-refractivity contribution in [3.8, 4) is 6.07 Å². The maximum Gasteiger partial charge on any atom is 0.242 e. The van der Waals surface area contributed by atoms with E-state index in [9.17, 15) is 4.79 Å². The minimum atomic E-state index is -0.586. The van der Waals surface area contributed by atoms with Crippen LogP contribution in [-0.2, 0) is 11.8 Å². The Labute approximate surface area is 88.7 Å². The summed E-state index contributed by atoms with van der Waals surface area (Å²) in [6.45, 7) is 1.94. The maximum absolute atomic E-state index is 11.6. The predicted octanol–water partition coefficient (Wildman–Crippen LogP) is 1.30. The first-order valence-electron chi connectivity index (χ1n) is 4.87. The average molecular weight is 206 g/mol. The second-order valence-corrected chi connectivity index (χ2v) is 3.33. The van der Waals surface area contributed by atoms with Gasteiger partial charge in [0.2, 0.25) is 5.91 Å². The molecule has 0 fully saturated rings. The van der Waals surface area contributed by atoms with Crippen molar-refractivity contribution in [3.63, 3.8) is 0 Å². The quantitative estimate of drug-likeness (QED) is 0.807. The molecule has 0 aliphatic rings. The van der Waals surface area contributed by atoms with Gasteiger partial charge < -0.3 is 5.32 Å². The molecule has 80 valence electrons. The van der Waals surface area contributed by atoms with Crippen LogP contribution in [0.5, 0.6) is 0 Å². The van der Waals surface area contributed by atoms with E-state index in [2.05, 4.69) is 10.4 Å². The Morgan fingerprint density at radius 1 is 1.80 bits per heavy atom. The van der Waals surface area contributed by atoms with Crippen LogP contribution in [0.15, 0.2) is 12.3 Å². The monoisotopic (exact) mass is 206 g/mol. The van der Waals surface area contributed by atoms with Gasteiger partial charge in [0.1, 0.15) is 5.92 Å². The molecule has 1 aromatic rings. The molecule has 0 aromatic carbocycles. The number of nitrogens with zero attached hydrogens (tertiary/aromatic N) is 3. The van der Waals surface area contributed by atoms with Crippen molar-refractivity contribution in [1.82, 2.24) is 9.78 Å². The molecule has 1 atom stereocenters. The topological polar surface area (TPSA) is 70.7 Å². The van der Waals surface area contributed by atoms with E-state index >= 15 is 0 Å². The minimum Gasteiger partial charge on any atom is -0.308 e. The number of nitrogens with one attached hydrogen (secondary N) is 1. The van der Waals surface area contributed by atoms with Crippen LogP contribution in [0.3, 0.4) is 0 Å². The predicted molar refractivity (Wildman–Crippen MR) is 55.8 cm³/mol. The van der Waals surface area contributed by atoms with Crippen LogP contribution < -0.4 is 5.32 Å². The van der Waals surface area contributed by atoms with Crippen LogP contribution in [0, 0.1) is 17.2 Å². The van der Waals surface area contributed by atoms with Crippen molar-refractivity contribution >= 4 is 11.7 Å². The Kier molecular flexibility index (Phi) is 3.86. The normalized spacial score (nSPS) is 11.8. The van der Waals surface area contributed by atoms with E-state index in [0.717, 1.165) is 6.42 Å². The number of aryl methyl sites for hydroxylation is 1. The smallest absolute Gasteiger partial charge is 0.242 e. The first-order chi connectivity index (χ1) is 7.17. The summed E-state index contributed by atoms with van der Waals surface area (Å²) in [5.74, 6) is -0.381. The highest BCUT2D eigenvalue weighted by Crippen LogP contribution is 2.09. The molecule has 0 saturated heterocycles. The van der Waals surface area contributed by atoms with Crippen LogP contribution in [0.4, 0.5) is 5.82 Å². The van der Waals surface area contributed by atoms with Crippen molar-refractivity contribution in [1.29, 1.82) is 5.26 Å². The van der Waals surface area contributed by atoms with Gasteiger partial charge in [0.25, 0.3) is 0 Å². The molecule has 5 nitrogen and oxygen atoms in total. The maximum atomic E-state index is 11.6. The number of aromatic nitrogens is 2. The van der Waals surface area contributed by atoms with Crippen LogP contribution in [0.25, 0.3) is 0 Å². The van der Waals surface area contributed by atoms with Crippen molar-refractivity contribution in [2.24, 2.45) is 13.0 Å². The molecule has 0 aliphatic carbocycles. The number of nitriles is 1. The molecular weight excluding hydrogens is 192 g/mol. The summed E-state index contributed by atoms with van der Waals surface area (Å²) in [6, 6.07) is 3.68. The van der Waals surface area contributed by atoms with Crippen LogP contribution >= 0.6 is 0 Å². The number of hydrogen-bond donors (Lipinski definition) is 1. The lowest BCUT2D eigenvalue weighted by molar-refractivity contribution is -0.118. The summed E-state index contributed by atoms with van der Waals surface area (Å²) >= 11 is 0. The molecule has 0 aliphatic heterocycles. The van der Waals surface area contributed by atoms with Gasteiger partial charge >= 0.3 is 0 Å². The molecule has 1 heterocycles. The van der Waals surface area contributed by atoms with Crippen molar-refractivity contribution in [3.05, 3.63) is 12.3 Å². The highest BCUT2D eigenvalue weighted by molar-refractivity contribution is 5.93. The van der Waals surface area contributed by atoms with Gasteiger partial charge in [0.05, 0.1) is 6.07 Å². The number of amides is 1. The van der Waals surface area contributed by atoms with Gasteiger partial charge in [0, 0.05) is 19.3 Å². The zero-order chi connectivity index (χ0) is 11.3. The zero-order valence-electron chi connectivity index (χ0n) is 8.90. The van der Waals surface area contributed by atoms with E-state index in [0.29, 0.717) is 12.2 Å². The van der Waals surface area contributed by atoms with Gasteiger partial charge in [-0.2, -0.15) is 10.4 Å². The average Bonchev–Trinajstić information content (AvgIpc) is 2.60. The third-order valence-corrected chi connectivity index (χ3v) is 2.01. The highest BCUT2D eigenvalue weighted by Gasteiger charge is 2.17. The molecule has 1 N–H and O–H groups in total. The summed E-state index contributed by atoms with van der Waals surface area (Å²) in [5.41, 5.74) is 0. The van der Waals surface area contributed by atoms with E-state index in [1.807, 2.05) is 13.0 Å². The Hall–Kier alpha value is -1.83. The molecule has 0 radical (unpaired) electrons. The SMILES string of the molecule is CCCC(C#N)C(=O)Nc1ccn(C)n1. The van der Waals surface area contributed by atoms with E-state index in [1.165, 1.54) is 0 Å². The molecule has 1 rings (SSSR count). The molecule has 1 amide bonds. The Morgan fingerprint density at radius 2 is 2.53 bits per heavy atom. The standard InChI is InChI=1S/C10H14N4O/c1-3-4-8(7-11)10(15)12-9-5-6-14(2)13-9/h5-6,8H,3-4H2,1-2H3,(H,12,13,15). The summed E-state index contributed by atoms with van der Waals surface area (Å²) in [7, 11) is 1.77. The van der Waals surface area contributed by atoms with Gasteiger partial charge in [-0.25, -0.2) is 0 Å². The molecule has 0 spiro atoms. The van der Waals surface area contributed by atoms with Gasteiger partial charge in [-0.3, -0.25) is 9.48 Å². The number of carbonyl (C=O) groups is 1. The lowest BCUT2D eigenvalue weighted by Crippen LogP contribution is -2.21. The number of hydrogen-bond acceptors (Lipinski definition) is 3. The summed E-state index contributed by atoms with van der Waals surface area (Å²) < 4.78 is 1.59. The second-order valence-electron chi connectivity index (χ2n) is 3.33. The van der Waals surface area contributed by atoms with Gasteiger partial charge in [-0.15, -0.1) is 0 Å². The lowest BCUT2D eigenvalue weighted by atomic mass is 10.1. The third kappa shape index (κ3) is 3.09. The molecule has 0 saturated carbocycles. The molecule has 1 unspecified atom stereocenters. The Morgan fingerprint density at radius 3 is 3.00 bits per heavy atom. The summed E-state index contributed by atoms with van der Waals surface area (Å²) in [5, 5.41) is 15.4. The number of carbonyl (C=O) groups excluding carboxylic acids is 1. The fourth-order valence-corrected chi connectivity index (χ4v) is 1.24. The molecular formula is C10H14N4O.